The van der Waals surface area contributed by atoms with Gasteiger partial charge in [-0.05, 0) is 30.8 Å². The fourth-order valence-corrected chi connectivity index (χ4v) is 2.63. The van der Waals surface area contributed by atoms with Gasteiger partial charge in [0.1, 0.15) is 0 Å². The Morgan fingerprint density at radius 3 is 2.62 bits per heavy atom. The number of nitrogens with two attached hydrogens (primary N) is 1. The van der Waals surface area contributed by atoms with Gasteiger partial charge in [0.25, 0.3) is 0 Å². The van der Waals surface area contributed by atoms with Crippen LogP contribution in [0.4, 0.5) is 0 Å². The van der Waals surface area contributed by atoms with E-state index in [4.69, 9.17) is 5.73 Å². The number of hydrogen-bond donors (Lipinski definition) is 2. The van der Waals surface area contributed by atoms with Gasteiger partial charge in [0.15, 0.2) is 0 Å². The zero-order valence-corrected chi connectivity index (χ0v) is 9.28. The van der Waals surface area contributed by atoms with Crippen LogP contribution in [-0.4, -0.2) is 29.3 Å². The van der Waals surface area contributed by atoms with Crippen LogP contribution in [0.25, 0.3) is 0 Å². The summed E-state index contributed by atoms with van der Waals surface area (Å²) in [4.78, 5) is 0. The van der Waals surface area contributed by atoms with Crippen LogP contribution in [0.2, 0.25) is 0 Å². The molecule has 0 heterocycles. The van der Waals surface area contributed by atoms with Crippen LogP contribution < -0.4 is 5.73 Å². The molecule has 0 saturated heterocycles. The summed E-state index contributed by atoms with van der Waals surface area (Å²) in [5.74, 6) is 2.21. The lowest BCUT2D eigenvalue weighted by Crippen LogP contribution is -2.47. The lowest BCUT2D eigenvalue weighted by molar-refractivity contribution is -0.0285. The second-order valence-corrected chi connectivity index (χ2v) is 5.32. The first-order valence-corrected chi connectivity index (χ1v) is 6.36. The van der Waals surface area contributed by atoms with Gasteiger partial charge in [-0.15, -0.1) is 0 Å². The molecule has 0 spiro atoms. The average Bonchev–Trinajstić information content (AvgIpc) is 2.04. The highest BCUT2D eigenvalue weighted by atomic mass is 32.2. The van der Waals surface area contributed by atoms with Gasteiger partial charge in [0, 0.05) is 12.0 Å². The Hall–Kier alpha value is 0.270. The Bertz CT molecular complexity index is 142. The molecule has 2 nitrogen and oxygen atoms in total. The molecule has 1 rings (SSSR count). The van der Waals surface area contributed by atoms with Crippen molar-refractivity contribution >= 4 is 11.8 Å². The third kappa shape index (κ3) is 2.61. The molecule has 0 aliphatic heterocycles. The number of aliphatic hydroxyl groups is 1. The topological polar surface area (TPSA) is 46.2 Å². The number of rotatable bonds is 6. The molecule has 1 aliphatic carbocycles. The zero-order chi connectivity index (χ0) is 9.73. The maximum atomic E-state index is 9.95. The quantitative estimate of drug-likeness (QED) is 0.645. The van der Waals surface area contributed by atoms with Crippen molar-refractivity contribution in [3.8, 4) is 0 Å². The van der Waals surface area contributed by atoms with Crippen molar-refractivity contribution in [2.75, 3.05) is 18.1 Å². The highest BCUT2D eigenvalue weighted by molar-refractivity contribution is 7.99. The summed E-state index contributed by atoms with van der Waals surface area (Å²) in [6.45, 7) is 2.81. The summed E-state index contributed by atoms with van der Waals surface area (Å²) in [5, 5.41) is 9.95. The predicted octanol–water partition coefficient (Wildman–Crippen LogP) is 1.62. The SMILES string of the molecule is CCSCCC(O)C1(CN)CCC1. The molecule has 1 unspecified atom stereocenters. The largest absolute Gasteiger partial charge is 0.392 e. The average molecular weight is 203 g/mol. The van der Waals surface area contributed by atoms with E-state index in [-0.39, 0.29) is 11.5 Å². The summed E-state index contributed by atoms with van der Waals surface area (Å²) >= 11 is 1.90. The Morgan fingerprint density at radius 2 is 2.23 bits per heavy atom. The van der Waals surface area contributed by atoms with Crippen LogP contribution in [0, 0.1) is 5.41 Å². The minimum Gasteiger partial charge on any atom is -0.392 e. The van der Waals surface area contributed by atoms with E-state index in [1.807, 2.05) is 11.8 Å². The van der Waals surface area contributed by atoms with Crippen molar-refractivity contribution in [3.63, 3.8) is 0 Å². The fourth-order valence-electron chi connectivity index (χ4n) is 1.95. The fraction of sp³-hybridized carbons (Fsp3) is 1.00. The molecule has 1 atom stereocenters. The van der Waals surface area contributed by atoms with Crippen LogP contribution in [0.3, 0.4) is 0 Å². The lowest BCUT2D eigenvalue weighted by atomic mass is 9.64. The molecule has 78 valence electrons. The molecule has 0 amide bonds. The van der Waals surface area contributed by atoms with Gasteiger partial charge in [-0.1, -0.05) is 13.3 Å². The normalized spacial score (nSPS) is 22.4. The molecular weight excluding hydrogens is 182 g/mol. The van der Waals surface area contributed by atoms with E-state index in [1.54, 1.807) is 0 Å². The molecule has 0 radical (unpaired) electrons. The summed E-state index contributed by atoms with van der Waals surface area (Å²) < 4.78 is 0. The molecule has 3 heteroatoms. The zero-order valence-electron chi connectivity index (χ0n) is 8.46. The highest BCUT2D eigenvalue weighted by Gasteiger charge is 2.41. The van der Waals surface area contributed by atoms with E-state index in [0.717, 1.165) is 30.8 Å². The van der Waals surface area contributed by atoms with Gasteiger partial charge >= 0.3 is 0 Å². The third-order valence-corrected chi connectivity index (χ3v) is 4.14. The Balaban J connectivity index is 2.24. The predicted molar refractivity (Wildman–Crippen MR) is 59.0 cm³/mol. The van der Waals surface area contributed by atoms with Gasteiger partial charge in [0.2, 0.25) is 0 Å². The Morgan fingerprint density at radius 1 is 1.54 bits per heavy atom. The number of aliphatic hydroxyl groups excluding tert-OH is 1. The van der Waals surface area contributed by atoms with Gasteiger partial charge in [0.05, 0.1) is 6.10 Å². The summed E-state index contributed by atoms with van der Waals surface area (Å²) in [6, 6.07) is 0. The van der Waals surface area contributed by atoms with E-state index >= 15 is 0 Å². The maximum Gasteiger partial charge on any atom is 0.0616 e. The summed E-state index contributed by atoms with van der Waals surface area (Å²) in [7, 11) is 0. The van der Waals surface area contributed by atoms with Crippen LogP contribution in [0.5, 0.6) is 0 Å². The van der Waals surface area contributed by atoms with Crippen LogP contribution >= 0.6 is 11.8 Å². The van der Waals surface area contributed by atoms with E-state index < -0.39 is 0 Å². The monoisotopic (exact) mass is 203 g/mol. The summed E-state index contributed by atoms with van der Waals surface area (Å²) in [5.41, 5.74) is 5.80. The number of thioether (sulfide) groups is 1. The highest BCUT2D eigenvalue weighted by Crippen LogP contribution is 2.44. The van der Waals surface area contributed by atoms with Crippen molar-refractivity contribution in [2.45, 2.75) is 38.7 Å². The third-order valence-electron chi connectivity index (χ3n) is 3.20. The minimum atomic E-state index is -0.162. The van der Waals surface area contributed by atoms with Crippen molar-refractivity contribution in [3.05, 3.63) is 0 Å². The molecular formula is C10H21NOS. The maximum absolute atomic E-state index is 9.95. The van der Waals surface area contributed by atoms with E-state index in [9.17, 15) is 5.11 Å². The van der Waals surface area contributed by atoms with Gasteiger partial charge in [-0.2, -0.15) is 11.8 Å². The molecule has 1 fully saturated rings. The van der Waals surface area contributed by atoms with Gasteiger partial charge in [-0.3, -0.25) is 0 Å². The standard InChI is InChI=1S/C10H21NOS/c1-2-13-7-4-9(12)10(8-11)5-3-6-10/h9,12H,2-8,11H2,1H3. The first-order chi connectivity index (χ1) is 6.25. The first kappa shape index (κ1) is 11.3. The molecule has 0 bridgehead atoms. The lowest BCUT2D eigenvalue weighted by Gasteiger charge is -2.44. The first-order valence-electron chi connectivity index (χ1n) is 5.21. The van der Waals surface area contributed by atoms with Gasteiger partial charge in [-0.25, -0.2) is 0 Å². The van der Waals surface area contributed by atoms with E-state index in [1.165, 1.54) is 6.42 Å². The van der Waals surface area contributed by atoms with Crippen molar-refractivity contribution in [1.29, 1.82) is 0 Å². The molecule has 1 saturated carbocycles. The van der Waals surface area contributed by atoms with Crippen LogP contribution in [0.15, 0.2) is 0 Å². The van der Waals surface area contributed by atoms with Gasteiger partial charge < -0.3 is 10.8 Å². The molecule has 0 aromatic rings. The minimum absolute atomic E-state index is 0.0916. The molecule has 0 aromatic heterocycles. The Kier molecular flexibility index (Phi) is 4.56. The Labute approximate surface area is 85.3 Å². The number of hydrogen-bond acceptors (Lipinski definition) is 3. The molecule has 3 N–H and O–H groups in total. The van der Waals surface area contributed by atoms with Crippen molar-refractivity contribution in [1.82, 2.24) is 0 Å². The second-order valence-electron chi connectivity index (χ2n) is 3.92. The van der Waals surface area contributed by atoms with E-state index in [2.05, 4.69) is 6.92 Å². The van der Waals surface area contributed by atoms with Crippen molar-refractivity contribution in [2.24, 2.45) is 11.1 Å². The van der Waals surface area contributed by atoms with Crippen LogP contribution in [-0.2, 0) is 0 Å². The second kappa shape index (κ2) is 5.23. The van der Waals surface area contributed by atoms with E-state index in [0.29, 0.717) is 6.54 Å². The summed E-state index contributed by atoms with van der Waals surface area (Å²) in [6.07, 6.45) is 4.25. The van der Waals surface area contributed by atoms with Crippen molar-refractivity contribution < 1.29 is 5.11 Å². The van der Waals surface area contributed by atoms with Crippen LogP contribution in [0.1, 0.15) is 32.6 Å². The molecule has 0 aromatic carbocycles. The smallest absolute Gasteiger partial charge is 0.0616 e. The molecule has 1 aliphatic rings. The molecule has 13 heavy (non-hydrogen) atoms.